The second kappa shape index (κ2) is 29.0. The third kappa shape index (κ3) is 15.8. The highest BCUT2D eigenvalue weighted by atomic mass is 14.8. The first-order valence-corrected chi connectivity index (χ1v) is 31.8. The molecule has 6 heteroatoms. The first kappa shape index (κ1) is 58.5. The van der Waals surface area contributed by atoms with Crippen LogP contribution in [-0.4, -0.2) is 29.9 Å². The summed E-state index contributed by atoms with van der Waals surface area (Å²) in [7, 11) is 0. The summed E-state index contributed by atoms with van der Waals surface area (Å²) < 4.78 is 0. The molecule has 0 saturated carbocycles. The Morgan fingerprint density at radius 1 is 0.156 bits per heavy atom. The molecule has 0 saturated heterocycles. The molecule has 438 valence electrons. The Morgan fingerprint density at radius 2 is 0.344 bits per heavy atom. The van der Waals surface area contributed by atoms with Gasteiger partial charge in [0.2, 0.25) is 0 Å². The van der Waals surface area contributed by atoms with Crippen LogP contribution in [0.4, 0.5) is 0 Å². The van der Waals surface area contributed by atoms with Gasteiger partial charge in [0.1, 0.15) is 6.33 Å². The third-order valence-corrected chi connectivity index (χ3v) is 17.3. The summed E-state index contributed by atoms with van der Waals surface area (Å²) in [5.74, 6) is 0. The van der Waals surface area contributed by atoms with Gasteiger partial charge in [-0.15, -0.1) is 0 Å². The molecule has 0 amide bonds. The number of rotatable bonds is 24. The zero-order chi connectivity index (χ0) is 60.5. The summed E-state index contributed by atoms with van der Waals surface area (Å²) in [6.07, 6.45) is 20.8. The molecule has 90 heavy (non-hydrogen) atoms. The van der Waals surface area contributed by atoms with E-state index in [2.05, 4.69) is 232 Å². The molecule has 0 aliphatic heterocycles. The van der Waals surface area contributed by atoms with E-state index in [9.17, 15) is 0 Å². The first-order chi connectivity index (χ1) is 44.5. The minimum atomic E-state index is 0.921. The minimum absolute atomic E-state index is 0.921. The van der Waals surface area contributed by atoms with E-state index in [0.29, 0.717) is 0 Å². The van der Waals surface area contributed by atoms with E-state index in [1.165, 1.54) is 66.8 Å². The van der Waals surface area contributed by atoms with Crippen molar-refractivity contribution in [1.29, 1.82) is 0 Å². The molecular formula is C84H72N6. The predicted molar refractivity (Wildman–Crippen MR) is 369 cm³/mol. The fourth-order valence-electron chi connectivity index (χ4n) is 12.1. The molecule has 0 aliphatic rings. The Morgan fingerprint density at radius 3 is 0.533 bits per heavy atom. The lowest BCUT2D eigenvalue weighted by Crippen LogP contribution is -2.00. The van der Waals surface area contributed by atoms with Crippen molar-refractivity contribution in [2.75, 3.05) is 0 Å². The monoisotopic (exact) mass is 1160 g/mol. The van der Waals surface area contributed by atoms with Gasteiger partial charge in [0, 0.05) is 58.2 Å². The maximum atomic E-state index is 4.76. The molecule has 0 unspecified atom stereocenters. The van der Waals surface area contributed by atoms with Crippen molar-refractivity contribution in [3.8, 4) is 67.5 Å². The van der Waals surface area contributed by atoms with Gasteiger partial charge in [0.25, 0.3) is 0 Å². The van der Waals surface area contributed by atoms with Crippen molar-refractivity contribution >= 4 is 0 Å². The Labute approximate surface area is 530 Å². The number of aryl methyl sites for hydroxylation is 12. The minimum Gasteiger partial charge on any atom is -0.256 e. The smallest absolute Gasteiger partial charge is 0.116 e. The van der Waals surface area contributed by atoms with E-state index < -0.39 is 0 Å². The zero-order valence-corrected chi connectivity index (χ0v) is 50.9. The molecule has 0 N–H and O–H groups in total. The number of benzene rings is 8. The predicted octanol–water partition coefficient (Wildman–Crippen LogP) is 18.8. The molecular weight excluding hydrogens is 1090 g/mol. The molecule has 0 radical (unpaired) electrons. The zero-order valence-electron chi connectivity index (χ0n) is 50.9. The molecule has 0 atom stereocenters. The van der Waals surface area contributed by atoms with Crippen molar-refractivity contribution in [2.45, 2.75) is 77.0 Å². The maximum absolute atomic E-state index is 4.76. The Kier molecular flexibility index (Phi) is 18.8. The number of pyridine rings is 4. The summed E-state index contributed by atoms with van der Waals surface area (Å²) in [5, 5.41) is 0. The van der Waals surface area contributed by atoms with Crippen LogP contribution in [0.25, 0.3) is 67.5 Å². The molecule has 6 nitrogen and oxygen atoms in total. The summed E-state index contributed by atoms with van der Waals surface area (Å²) in [5.41, 5.74) is 28.9. The molecule has 13 aromatic rings. The molecule has 8 aromatic carbocycles. The van der Waals surface area contributed by atoms with Gasteiger partial charge in [0.05, 0.1) is 34.2 Å². The van der Waals surface area contributed by atoms with Crippen LogP contribution in [0.2, 0.25) is 0 Å². The highest BCUT2D eigenvalue weighted by molar-refractivity contribution is 5.68. The summed E-state index contributed by atoms with van der Waals surface area (Å²) in [6, 6.07) is 94.6. The van der Waals surface area contributed by atoms with Crippen LogP contribution in [0.5, 0.6) is 0 Å². The Balaban J connectivity index is 0.647. The van der Waals surface area contributed by atoms with Crippen LogP contribution in [0.15, 0.2) is 292 Å². The van der Waals surface area contributed by atoms with Gasteiger partial charge in [-0.3, -0.25) is 19.9 Å². The van der Waals surface area contributed by atoms with E-state index in [1.54, 1.807) is 6.33 Å². The SMILES string of the molecule is c1ccc(-c2ccc(CCc3cc(CCc4ccc(-c5ccccn5)cc4)cc(CCc4ccc(-c5cc(-c6ccc(CCc7cc(CCc8ccc(-c9ccccn9)cc8)cc(CCc8ccc(-c9ccccn9)cc8)c7)cc6)ncn5)cc4)c3)cc2)nc1. The van der Waals surface area contributed by atoms with E-state index in [0.717, 1.165) is 145 Å². The van der Waals surface area contributed by atoms with Crippen LogP contribution in [0.3, 0.4) is 0 Å². The van der Waals surface area contributed by atoms with Crippen molar-refractivity contribution in [3.05, 3.63) is 359 Å². The van der Waals surface area contributed by atoms with Gasteiger partial charge in [-0.25, -0.2) is 9.97 Å². The van der Waals surface area contributed by atoms with Gasteiger partial charge in [-0.1, -0.05) is 206 Å². The van der Waals surface area contributed by atoms with E-state index in [1.807, 2.05) is 73.3 Å². The second-order valence-electron chi connectivity index (χ2n) is 23.6. The summed E-state index contributed by atoms with van der Waals surface area (Å²) in [6.45, 7) is 0. The van der Waals surface area contributed by atoms with E-state index in [-0.39, 0.29) is 0 Å². The highest BCUT2D eigenvalue weighted by Gasteiger charge is 2.12. The molecule has 5 aromatic heterocycles. The fraction of sp³-hybridized carbons (Fsp3) is 0.143. The fourth-order valence-corrected chi connectivity index (χ4v) is 12.1. The largest absolute Gasteiger partial charge is 0.256 e. The van der Waals surface area contributed by atoms with Gasteiger partial charge in [-0.05, 0) is 198 Å². The molecule has 13 rings (SSSR count). The van der Waals surface area contributed by atoms with Crippen molar-refractivity contribution in [1.82, 2.24) is 29.9 Å². The van der Waals surface area contributed by atoms with E-state index >= 15 is 0 Å². The summed E-state index contributed by atoms with van der Waals surface area (Å²) >= 11 is 0. The first-order valence-electron chi connectivity index (χ1n) is 31.8. The second-order valence-corrected chi connectivity index (χ2v) is 23.6. The maximum Gasteiger partial charge on any atom is 0.116 e. The lowest BCUT2D eigenvalue weighted by atomic mass is 9.93. The van der Waals surface area contributed by atoms with Gasteiger partial charge in [0.15, 0.2) is 0 Å². The van der Waals surface area contributed by atoms with Gasteiger partial charge in [-0.2, -0.15) is 0 Å². The normalized spacial score (nSPS) is 11.2. The van der Waals surface area contributed by atoms with Crippen LogP contribution >= 0.6 is 0 Å². The number of hydrogen-bond acceptors (Lipinski definition) is 6. The third-order valence-electron chi connectivity index (χ3n) is 17.3. The van der Waals surface area contributed by atoms with Crippen LogP contribution in [0.1, 0.15) is 66.8 Å². The average molecular weight is 1170 g/mol. The Bertz CT molecular complexity index is 3890. The van der Waals surface area contributed by atoms with Crippen molar-refractivity contribution in [2.24, 2.45) is 0 Å². The topological polar surface area (TPSA) is 77.3 Å². The number of hydrogen-bond donors (Lipinski definition) is 0. The van der Waals surface area contributed by atoms with Gasteiger partial charge < -0.3 is 0 Å². The molecule has 0 bridgehead atoms. The molecule has 5 heterocycles. The standard InChI is InChI=1S/C84H72N6/c1-5-49-85-79(9-1)73-37-25-61(26-38-73)13-19-67-53-68(20-14-62-27-39-74(40-28-62)80-10-2-6-50-86-80)56-71(55-67)23-17-65-33-45-77(46-34-65)83-59-84(90-60-89-83)78-47-35-66(36-48-78)18-24-72-57-69(21-15-63-29-41-75(42-30-63)81-11-3-7-51-87-81)54-70(58-72)22-16-64-31-43-76(44-32-64)82-12-4-8-52-88-82/h1-12,25-60H,13-24H2. The van der Waals surface area contributed by atoms with Gasteiger partial charge >= 0.3 is 0 Å². The molecule has 0 fully saturated rings. The quantitative estimate of drug-likeness (QED) is 0.0600. The van der Waals surface area contributed by atoms with Crippen LogP contribution < -0.4 is 0 Å². The van der Waals surface area contributed by atoms with Crippen LogP contribution in [-0.2, 0) is 77.0 Å². The van der Waals surface area contributed by atoms with Crippen molar-refractivity contribution in [3.63, 3.8) is 0 Å². The molecule has 0 aliphatic carbocycles. The lowest BCUT2D eigenvalue weighted by molar-refractivity contribution is 0.903. The lowest BCUT2D eigenvalue weighted by Gasteiger charge is -2.12. The Hall–Kier alpha value is -10.6. The average Bonchev–Trinajstić information content (AvgIpc) is 3.63. The van der Waals surface area contributed by atoms with Crippen LogP contribution in [0, 0.1) is 0 Å². The van der Waals surface area contributed by atoms with Crippen molar-refractivity contribution < 1.29 is 0 Å². The number of aromatic nitrogens is 6. The molecule has 0 spiro atoms. The highest BCUT2D eigenvalue weighted by Crippen LogP contribution is 2.28. The summed E-state index contributed by atoms with van der Waals surface area (Å²) in [4.78, 5) is 27.7. The number of nitrogens with zero attached hydrogens (tertiary/aromatic N) is 6. The van der Waals surface area contributed by atoms with E-state index in [4.69, 9.17) is 9.97 Å².